The number of aliphatic hydroxyl groups is 1. The van der Waals surface area contributed by atoms with E-state index in [0.717, 1.165) is 21.3 Å². The van der Waals surface area contributed by atoms with E-state index in [4.69, 9.17) is 16.3 Å². The molecule has 0 radical (unpaired) electrons. The highest BCUT2D eigenvalue weighted by Gasteiger charge is 2.29. The maximum atomic E-state index is 11.1. The molecule has 1 unspecified atom stereocenters. The molecule has 0 spiro atoms. The van der Waals surface area contributed by atoms with Crippen LogP contribution in [0.3, 0.4) is 0 Å². The van der Waals surface area contributed by atoms with Crippen molar-refractivity contribution in [3.05, 3.63) is 63.1 Å². The zero-order chi connectivity index (χ0) is 15.5. The van der Waals surface area contributed by atoms with Crippen molar-refractivity contribution in [3.8, 4) is 5.75 Å². The van der Waals surface area contributed by atoms with Crippen LogP contribution in [0.15, 0.2) is 46.9 Å². The van der Waals surface area contributed by atoms with Gasteiger partial charge in [0, 0.05) is 15.9 Å². The molecule has 0 heterocycles. The van der Waals surface area contributed by atoms with Gasteiger partial charge in [-0.15, -0.1) is 0 Å². The van der Waals surface area contributed by atoms with E-state index in [0.29, 0.717) is 17.9 Å². The van der Waals surface area contributed by atoms with Gasteiger partial charge in [-0.25, -0.2) is 0 Å². The first-order valence-electron chi connectivity index (χ1n) is 6.79. The maximum absolute atomic E-state index is 11.1. The molecule has 0 saturated carbocycles. The second kappa shape index (κ2) is 6.82. The zero-order valence-corrected chi connectivity index (χ0v) is 14.4. The Morgan fingerprint density at radius 2 is 2.00 bits per heavy atom. The lowest BCUT2D eigenvalue weighted by molar-refractivity contribution is 0.0321. The van der Waals surface area contributed by atoms with E-state index in [2.05, 4.69) is 15.9 Å². The second-order valence-corrected chi connectivity index (χ2v) is 6.38. The molecule has 21 heavy (non-hydrogen) atoms. The van der Waals surface area contributed by atoms with Gasteiger partial charge in [0.15, 0.2) is 0 Å². The molecular weight excluding hydrogens is 352 g/mol. The van der Waals surface area contributed by atoms with Crippen LogP contribution in [0.5, 0.6) is 5.75 Å². The lowest BCUT2D eigenvalue weighted by Crippen LogP contribution is -2.28. The molecular formula is C17H18BrClO2. The Labute approximate surface area is 138 Å². The predicted molar refractivity (Wildman–Crippen MR) is 90.0 cm³/mol. The zero-order valence-electron chi connectivity index (χ0n) is 12.1. The molecule has 112 valence electrons. The number of benzene rings is 2. The molecule has 2 nitrogen and oxygen atoms in total. The number of halogens is 2. The van der Waals surface area contributed by atoms with Gasteiger partial charge >= 0.3 is 0 Å². The highest BCUT2D eigenvalue weighted by molar-refractivity contribution is 9.10. The molecule has 2 aromatic rings. The van der Waals surface area contributed by atoms with Crippen molar-refractivity contribution in [3.63, 3.8) is 0 Å². The normalized spacial score (nSPS) is 13.8. The van der Waals surface area contributed by atoms with Crippen molar-refractivity contribution in [1.29, 1.82) is 0 Å². The van der Waals surface area contributed by atoms with Gasteiger partial charge in [0.25, 0.3) is 0 Å². The van der Waals surface area contributed by atoms with Gasteiger partial charge < -0.3 is 9.84 Å². The van der Waals surface area contributed by atoms with Crippen LogP contribution in [0.25, 0.3) is 0 Å². The minimum absolute atomic E-state index is 0.448. The Morgan fingerprint density at radius 3 is 2.62 bits per heavy atom. The highest BCUT2D eigenvalue weighted by atomic mass is 79.9. The average molecular weight is 370 g/mol. The van der Waals surface area contributed by atoms with E-state index >= 15 is 0 Å². The molecule has 0 aliphatic carbocycles. The molecule has 0 amide bonds. The molecule has 2 rings (SSSR count). The molecule has 1 atom stereocenters. The SMILES string of the molecule is CCC(O)(Cc1cc(Cl)ccc1OC)c1cccc(Br)c1. The minimum Gasteiger partial charge on any atom is -0.496 e. The largest absolute Gasteiger partial charge is 0.496 e. The first-order valence-corrected chi connectivity index (χ1v) is 7.96. The van der Waals surface area contributed by atoms with Crippen LogP contribution in [-0.2, 0) is 12.0 Å². The highest BCUT2D eigenvalue weighted by Crippen LogP contribution is 2.34. The van der Waals surface area contributed by atoms with E-state index in [1.807, 2.05) is 43.3 Å². The van der Waals surface area contributed by atoms with Gasteiger partial charge in [-0.05, 0) is 47.9 Å². The minimum atomic E-state index is -0.957. The molecule has 0 aliphatic heterocycles. The molecule has 0 fully saturated rings. The van der Waals surface area contributed by atoms with Crippen LogP contribution in [0.2, 0.25) is 5.02 Å². The summed E-state index contributed by atoms with van der Waals surface area (Å²) in [6.45, 7) is 1.97. The van der Waals surface area contributed by atoms with E-state index in [1.165, 1.54) is 0 Å². The number of methoxy groups -OCH3 is 1. The molecule has 0 saturated heterocycles. The van der Waals surface area contributed by atoms with Gasteiger partial charge in [0.05, 0.1) is 12.7 Å². The van der Waals surface area contributed by atoms with Crippen LogP contribution in [0.1, 0.15) is 24.5 Å². The third kappa shape index (κ3) is 3.79. The van der Waals surface area contributed by atoms with E-state index in [-0.39, 0.29) is 0 Å². The second-order valence-electron chi connectivity index (χ2n) is 5.03. The predicted octanol–water partition coefficient (Wildman–Crippen LogP) is 4.95. The number of hydrogen-bond acceptors (Lipinski definition) is 2. The van der Waals surface area contributed by atoms with Crippen molar-refractivity contribution in [2.75, 3.05) is 7.11 Å². The van der Waals surface area contributed by atoms with Crippen LogP contribution in [0.4, 0.5) is 0 Å². The Bertz CT molecular complexity index is 630. The summed E-state index contributed by atoms with van der Waals surface area (Å²) in [5.74, 6) is 0.737. The fourth-order valence-corrected chi connectivity index (χ4v) is 3.00. The molecule has 2 aromatic carbocycles. The molecule has 4 heteroatoms. The lowest BCUT2D eigenvalue weighted by atomic mass is 9.85. The van der Waals surface area contributed by atoms with Gasteiger partial charge in [0.2, 0.25) is 0 Å². The average Bonchev–Trinajstić information content (AvgIpc) is 2.47. The van der Waals surface area contributed by atoms with Crippen LogP contribution >= 0.6 is 27.5 Å². The number of rotatable bonds is 5. The third-order valence-corrected chi connectivity index (χ3v) is 4.40. The summed E-state index contributed by atoms with van der Waals surface area (Å²) in [7, 11) is 1.62. The van der Waals surface area contributed by atoms with Crippen LogP contribution < -0.4 is 4.74 Å². The number of ether oxygens (including phenoxy) is 1. The first-order chi connectivity index (χ1) is 9.98. The summed E-state index contributed by atoms with van der Waals surface area (Å²) in [4.78, 5) is 0. The van der Waals surface area contributed by atoms with Crippen LogP contribution in [-0.4, -0.2) is 12.2 Å². The van der Waals surface area contributed by atoms with Crippen molar-refractivity contribution in [2.45, 2.75) is 25.4 Å². The molecule has 0 aromatic heterocycles. The summed E-state index contributed by atoms with van der Waals surface area (Å²) in [6.07, 6.45) is 1.04. The van der Waals surface area contributed by atoms with E-state index < -0.39 is 5.60 Å². The van der Waals surface area contributed by atoms with Crippen molar-refractivity contribution < 1.29 is 9.84 Å². The van der Waals surface area contributed by atoms with Crippen molar-refractivity contribution >= 4 is 27.5 Å². The van der Waals surface area contributed by atoms with Crippen molar-refractivity contribution in [2.24, 2.45) is 0 Å². The summed E-state index contributed by atoms with van der Waals surface area (Å²) in [5, 5.41) is 11.7. The first kappa shape index (κ1) is 16.3. The summed E-state index contributed by atoms with van der Waals surface area (Å²) >= 11 is 9.52. The van der Waals surface area contributed by atoms with Crippen molar-refractivity contribution in [1.82, 2.24) is 0 Å². The van der Waals surface area contributed by atoms with Gasteiger partial charge in [-0.2, -0.15) is 0 Å². The van der Waals surface area contributed by atoms with E-state index in [1.54, 1.807) is 13.2 Å². The summed E-state index contributed by atoms with van der Waals surface area (Å²) in [5.41, 5.74) is 0.817. The third-order valence-electron chi connectivity index (χ3n) is 3.67. The maximum Gasteiger partial charge on any atom is 0.122 e. The molecule has 0 aliphatic rings. The quantitative estimate of drug-likeness (QED) is 0.808. The van der Waals surface area contributed by atoms with Gasteiger partial charge in [-0.1, -0.05) is 46.6 Å². The fraction of sp³-hybridized carbons (Fsp3) is 0.294. The Kier molecular flexibility index (Phi) is 5.31. The summed E-state index contributed by atoms with van der Waals surface area (Å²) < 4.78 is 6.32. The Morgan fingerprint density at radius 1 is 1.24 bits per heavy atom. The monoisotopic (exact) mass is 368 g/mol. The molecule has 1 N–H and O–H groups in total. The van der Waals surface area contributed by atoms with Crippen LogP contribution in [0, 0.1) is 0 Å². The standard InChI is InChI=1S/C17H18BrClO2/c1-3-17(20,13-5-4-6-14(18)10-13)11-12-9-15(19)7-8-16(12)21-2/h4-10,20H,3,11H2,1-2H3. The smallest absolute Gasteiger partial charge is 0.122 e. The fourth-order valence-electron chi connectivity index (χ4n) is 2.41. The summed E-state index contributed by atoms with van der Waals surface area (Å²) in [6, 6.07) is 13.2. The Hall–Kier alpha value is -1.03. The topological polar surface area (TPSA) is 29.5 Å². The van der Waals surface area contributed by atoms with E-state index in [9.17, 15) is 5.11 Å². The number of hydrogen-bond donors (Lipinski definition) is 1. The lowest BCUT2D eigenvalue weighted by Gasteiger charge is -2.28. The van der Waals surface area contributed by atoms with Gasteiger partial charge in [0.1, 0.15) is 5.75 Å². The molecule has 0 bridgehead atoms. The van der Waals surface area contributed by atoms with Gasteiger partial charge in [-0.3, -0.25) is 0 Å². The Balaban J connectivity index is 2.40.